The van der Waals surface area contributed by atoms with Gasteiger partial charge in [0.25, 0.3) is 11.9 Å². The Bertz CT molecular complexity index is 621. The Morgan fingerprint density at radius 3 is 2.75 bits per heavy atom. The third kappa shape index (κ3) is 2.85. The van der Waals surface area contributed by atoms with E-state index in [-0.39, 0.29) is 17.6 Å². The number of nitrogens with zero attached hydrogens (tertiary/aromatic N) is 6. The van der Waals surface area contributed by atoms with E-state index < -0.39 is 5.91 Å². The molecule has 0 spiro atoms. The molecule has 10 nitrogen and oxygen atoms in total. The van der Waals surface area contributed by atoms with Crippen molar-refractivity contribution in [3.8, 4) is 0 Å². The summed E-state index contributed by atoms with van der Waals surface area (Å²) >= 11 is 0. The first-order chi connectivity index (χ1) is 9.51. The molecule has 0 aliphatic heterocycles. The summed E-state index contributed by atoms with van der Waals surface area (Å²) in [5.74, 6) is 5.58. The zero-order chi connectivity index (χ0) is 14.7. The molecular weight excluding hydrogens is 262 g/mol. The Morgan fingerprint density at radius 1 is 1.45 bits per heavy atom. The molecule has 10 heteroatoms. The number of carbonyl (C=O) groups excluding carboxylic acids is 1. The number of aromatic nitrogens is 6. The zero-order valence-corrected chi connectivity index (χ0v) is 11.3. The van der Waals surface area contributed by atoms with Crippen LogP contribution in [0, 0.1) is 0 Å². The maximum atomic E-state index is 12.2. The topological polar surface area (TPSA) is 137 Å². The van der Waals surface area contributed by atoms with Gasteiger partial charge in [0, 0.05) is 5.92 Å². The number of aryl methyl sites for hydroxylation is 1. The maximum Gasteiger partial charge on any atom is 0.279 e. The number of nitrogens with two attached hydrogens (primary N) is 1. The molecule has 0 aliphatic carbocycles. The highest BCUT2D eigenvalue weighted by Crippen LogP contribution is 2.16. The third-order valence-corrected chi connectivity index (χ3v) is 2.43. The summed E-state index contributed by atoms with van der Waals surface area (Å²) in [6.07, 6.45) is 1.46. The van der Waals surface area contributed by atoms with Crippen LogP contribution in [-0.2, 0) is 7.05 Å². The van der Waals surface area contributed by atoms with Crippen LogP contribution in [0.5, 0.6) is 0 Å². The van der Waals surface area contributed by atoms with E-state index in [1.54, 1.807) is 7.05 Å². The molecule has 0 radical (unpaired) electrons. The van der Waals surface area contributed by atoms with Crippen molar-refractivity contribution in [1.82, 2.24) is 30.2 Å². The van der Waals surface area contributed by atoms with Crippen LogP contribution >= 0.6 is 0 Å². The van der Waals surface area contributed by atoms with Gasteiger partial charge in [-0.25, -0.2) is 9.97 Å². The van der Waals surface area contributed by atoms with Crippen molar-refractivity contribution in [2.24, 2.45) is 12.9 Å². The van der Waals surface area contributed by atoms with Gasteiger partial charge in [-0.1, -0.05) is 18.9 Å². The van der Waals surface area contributed by atoms with Gasteiger partial charge in [0.15, 0.2) is 5.69 Å². The second kappa shape index (κ2) is 5.57. The Kier molecular flexibility index (Phi) is 3.84. The van der Waals surface area contributed by atoms with Gasteiger partial charge in [0.05, 0.1) is 18.9 Å². The predicted octanol–water partition coefficient (Wildman–Crippen LogP) is -0.339. The van der Waals surface area contributed by atoms with Crippen molar-refractivity contribution < 1.29 is 4.79 Å². The number of nitrogen functional groups attached to an aromatic ring is 1. The van der Waals surface area contributed by atoms with E-state index in [1.807, 2.05) is 13.8 Å². The molecule has 4 N–H and O–H groups in total. The molecule has 106 valence electrons. The Labute approximate surface area is 114 Å². The molecule has 2 rings (SSSR count). The van der Waals surface area contributed by atoms with Crippen LogP contribution < -0.4 is 16.6 Å². The maximum absolute atomic E-state index is 12.2. The molecule has 1 amide bonds. The number of nitrogens with one attached hydrogen (secondary N) is 2. The van der Waals surface area contributed by atoms with Crippen LogP contribution in [0.1, 0.15) is 36.1 Å². The van der Waals surface area contributed by atoms with Crippen LogP contribution in [0.3, 0.4) is 0 Å². The normalized spacial score (nSPS) is 10.7. The fraction of sp³-hybridized carbons (Fsp3) is 0.400. The molecule has 20 heavy (non-hydrogen) atoms. The lowest BCUT2D eigenvalue weighted by atomic mass is 10.2. The number of hydrazine groups is 1. The molecule has 0 saturated heterocycles. The fourth-order valence-electron chi connectivity index (χ4n) is 1.45. The predicted molar refractivity (Wildman–Crippen MR) is 70.7 cm³/mol. The minimum absolute atomic E-state index is 0.0861. The van der Waals surface area contributed by atoms with E-state index in [4.69, 9.17) is 5.84 Å². The van der Waals surface area contributed by atoms with Crippen LogP contribution in [0.4, 0.5) is 11.6 Å². The standard InChI is InChI=1S/C10H15N9O/c1-5(2)8-12-4-6(15-11)7(13-8)9(20)14-10-16-18-19(3)17-10/h4-5,15H,11H2,1-3H3,(H,14,17,20). The van der Waals surface area contributed by atoms with Gasteiger partial charge < -0.3 is 5.43 Å². The highest BCUT2D eigenvalue weighted by Gasteiger charge is 2.17. The van der Waals surface area contributed by atoms with Crippen LogP contribution in [0.2, 0.25) is 0 Å². The first kappa shape index (κ1) is 13.8. The van der Waals surface area contributed by atoms with E-state index >= 15 is 0 Å². The summed E-state index contributed by atoms with van der Waals surface area (Å²) in [4.78, 5) is 21.7. The lowest BCUT2D eigenvalue weighted by Gasteiger charge is -2.10. The summed E-state index contributed by atoms with van der Waals surface area (Å²) < 4.78 is 0. The van der Waals surface area contributed by atoms with E-state index in [2.05, 4.69) is 36.1 Å². The van der Waals surface area contributed by atoms with Gasteiger partial charge in [-0.15, -0.1) is 5.10 Å². The SMILES string of the molecule is CC(C)c1ncc(NN)c(C(=O)Nc2nnn(C)n2)n1. The van der Waals surface area contributed by atoms with E-state index in [0.29, 0.717) is 11.5 Å². The molecule has 2 aromatic heterocycles. The number of hydrogen-bond acceptors (Lipinski definition) is 8. The third-order valence-electron chi connectivity index (χ3n) is 2.43. The van der Waals surface area contributed by atoms with E-state index in [0.717, 1.165) is 0 Å². The van der Waals surface area contributed by atoms with Crippen molar-refractivity contribution in [2.45, 2.75) is 19.8 Å². The number of carbonyl (C=O) groups is 1. The summed E-state index contributed by atoms with van der Waals surface area (Å²) in [6, 6.07) is 0. The number of tetrazole rings is 1. The number of hydrogen-bond donors (Lipinski definition) is 3. The molecule has 2 aromatic rings. The summed E-state index contributed by atoms with van der Waals surface area (Å²) in [5, 5.41) is 13.6. The van der Waals surface area contributed by atoms with Crippen molar-refractivity contribution in [1.29, 1.82) is 0 Å². The van der Waals surface area contributed by atoms with Crippen LogP contribution in [0.25, 0.3) is 0 Å². The average Bonchev–Trinajstić information content (AvgIpc) is 2.83. The number of rotatable bonds is 4. The zero-order valence-electron chi connectivity index (χ0n) is 11.3. The van der Waals surface area contributed by atoms with E-state index in [1.165, 1.54) is 11.0 Å². The molecule has 0 bridgehead atoms. The lowest BCUT2D eigenvalue weighted by molar-refractivity contribution is 0.102. The molecule has 0 unspecified atom stereocenters. The largest absolute Gasteiger partial charge is 0.321 e. The number of amides is 1. The van der Waals surface area contributed by atoms with Crippen molar-refractivity contribution in [2.75, 3.05) is 10.7 Å². The minimum atomic E-state index is -0.491. The number of anilines is 2. The molecule has 0 saturated carbocycles. The first-order valence-electron chi connectivity index (χ1n) is 5.90. The Morgan fingerprint density at radius 2 is 2.20 bits per heavy atom. The van der Waals surface area contributed by atoms with Gasteiger partial charge in [0.1, 0.15) is 5.82 Å². The Balaban J connectivity index is 2.29. The highest BCUT2D eigenvalue weighted by molar-refractivity contribution is 6.05. The second-order valence-electron chi connectivity index (χ2n) is 4.35. The van der Waals surface area contributed by atoms with Gasteiger partial charge in [-0.3, -0.25) is 16.0 Å². The van der Waals surface area contributed by atoms with Gasteiger partial charge >= 0.3 is 0 Å². The second-order valence-corrected chi connectivity index (χ2v) is 4.35. The van der Waals surface area contributed by atoms with Crippen molar-refractivity contribution >= 4 is 17.5 Å². The van der Waals surface area contributed by atoms with Crippen molar-refractivity contribution in [3.63, 3.8) is 0 Å². The fourth-order valence-corrected chi connectivity index (χ4v) is 1.45. The monoisotopic (exact) mass is 277 g/mol. The molecule has 2 heterocycles. The van der Waals surface area contributed by atoms with Crippen molar-refractivity contribution in [3.05, 3.63) is 17.7 Å². The smallest absolute Gasteiger partial charge is 0.279 e. The lowest BCUT2D eigenvalue weighted by Crippen LogP contribution is -2.21. The summed E-state index contributed by atoms with van der Waals surface area (Å²) in [7, 11) is 1.59. The highest BCUT2D eigenvalue weighted by atomic mass is 16.2. The molecular formula is C10H15N9O. The molecule has 0 aliphatic rings. The van der Waals surface area contributed by atoms with Crippen LogP contribution in [-0.4, -0.2) is 36.1 Å². The van der Waals surface area contributed by atoms with Crippen LogP contribution in [0.15, 0.2) is 6.20 Å². The summed E-state index contributed by atoms with van der Waals surface area (Å²) in [5.41, 5.74) is 2.83. The molecule has 0 atom stereocenters. The minimum Gasteiger partial charge on any atom is -0.321 e. The van der Waals surface area contributed by atoms with Gasteiger partial charge in [-0.05, 0) is 5.21 Å². The van der Waals surface area contributed by atoms with E-state index in [9.17, 15) is 4.79 Å². The quantitative estimate of drug-likeness (QED) is 0.510. The first-order valence-corrected chi connectivity index (χ1v) is 5.90. The summed E-state index contributed by atoms with van der Waals surface area (Å²) in [6.45, 7) is 3.85. The molecule has 0 aromatic carbocycles. The molecule has 0 fully saturated rings. The van der Waals surface area contributed by atoms with Gasteiger partial charge in [0.2, 0.25) is 0 Å². The average molecular weight is 277 g/mol. The van der Waals surface area contributed by atoms with Gasteiger partial charge in [-0.2, -0.15) is 4.80 Å². The Hall–Kier alpha value is -2.62.